The number of carbonyl (C=O) groups excluding carboxylic acids is 1. The number of hydrogen-bond donors (Lipinski definition) is 0. The number of Topliss-reactive ketones (excluding diaryl/α,β-unsaturated/α-hetero) is 1. The molecule has 2 aliphatic carbocycles. The predicted molar refractivity (Wildman–Crippen MR) is 117 cm³/mol. The van der Waals surface area contributed by atoms with E-state index in [0.717, 1.165) is 12.8 Å². The van der Waals surface area contributed by atoms with Crippen LogP contribution in [-0.4, -0.2) is 5.78 Å². The summed E-state index contributed by atoms with van der Waals surface area (Å²) < 4.78 is 0. The van der Waals surface area contributed by atoms with Crippen LogP contribution in [0.1, 0.15) is 85.5 Å². The van der Waals surface area contributed by atoms with E-state index in [-0.39, 0.29) is 0 Å². The Morgan fingerprint density at radius 2 is 1.14 bits per heavy atom. The fourth-order valence-corrected chi connectivity index (χ4v) is 5.33. The van der Waals surface area contributed by atoms with Crippen LogP contribution in [0.3, 0.4) is 0 Å². The topological polar surface area (TPSA) is 17.1 Å². The van der Waals surface area contributed by atoms with Crippen molar-refractivity contribution in [2.45, 2.75) is 77.0 Å². The van der Waals surface area contributed by atoms with Crippen LogP contribution < -0.4 is 0 Å². The number of ketones is 1. The van der Waals surface area contributed by atoms with Crippen LogP contribution in [0.5, 0.6) is 0 Å². The molecule has 1 nitrogen and oxygen atoms in total. The highest BCUT2D eigenvalue weighted by atomic mass is 16.1. The third kappa shape index (κ3) is 4.09. The number of rotatable bonds is 8. The summed E-state index contributed by atoms with van der Waals surface area (Å²) in [5.41, 5.74) is 5.52. The van der Waals surface area contributed by atoms with Gasteiger partial charge in [0.05, 0.1) is 0 Å². The van der Waals surface area contributed by atoms with Crippen molar-refractivity contribution in [3.8, 4) is 0 Å². The first-order chi connectivity index (χ1) is 13.6. The average Bonchev–Trinajstić information content (AvgIpc) is 2.58. The Morgan fingerprint density at radius 1 is 0.750 bits per heavy atom. The molecule has 28 heavy (non-hydrogen) atoms. The Kier molecular flexibility index (Phi) is 5.99. The highest BCUT2D eigenvalue weighted by molar-refractivity contribution is 5.80. The maximum Gasteiger partial charge on any atom is 0.134 e. The molecule has 0 bridgehead atoms. The van der Waals surface area contributed by atoms with Crippen molar-refractivity contribution in [3.63, 3.8) is 0 Å². The molecular formula is C27H34O. The molecule has 0 saturated heterocycles. The minimum atomic E-state index is 0.418. The third-order valence-electron chi connectivity index (χ3n) is 7.51. The van der Waals surface area contributed by atoms with Crippen LogP contribution in [0.4, 0.5) is 0 Å². The first kappa shape index (κ1) is 19.4. The molecule has 2 fully saturated rings. The first-order valence-electron chi connectivity index (χ1n) is 11.3. The van der Waals surface area contributed by atoms with Crippen molar-refractivity contribution in [2.24, 2.45) is 11.8 Å². The van der Waals surface area contributed by atoms with Gasteiger partial charge in [-0.05, 0) is 85.5 Å². The summed E-state index contributed by atoms with van der Waals surface area (Å²) in [5, 5.41) is 0. The second kappa shape index (κ2) is 8.64. The van der Waals surface area contributed by atoms with E-state index in [2.05, 4.69) is 62.4 Å². The molecule has 1 heteroatoms. The second-order valence-electron chi connectivity index (χ2n) is 9.26. The van der Waals surface area contributed by atoms with Crippen molar-refractivity contribution in [1.82, 2.24) is 0 Å². The summed E-state index contributed by atoms with van der Waals surface area (Å²) in [6.07, 6.45) is 9.26. The largest absolute Gasteiger partial charge is 0.300 e. The molecule has 4 rings (SSSR count). The lowest BCUT2D eigenvalue weighted by atomic mass is 9.67. The minimum absolute atomic E-state index is 0.418. The molecule has 0 amide bonds. The highest BCUT2D eigenvalue weighted by Crippen LogP contribution is 2.45. The van der Waals surface area contributed by atoms with Gasteiger partial charge in [-0.2, -0.15) is 0 Å². The van der Waals surface area contributed by atoms with Gasteiger partial charge < -0.3 is 0 Å². The fourth-order valence-electron chi connectivity index (χ4n) is 5.33. The first-order valence-corrected chi connectivity index (χ1v) is 11.3. The molecule has 148 valence electrons. The van der Waals surface area contributed by atoms with E-state index in [1.165, 1.54) is 60.8 Å². The standard InChI is InChI=1S/C27H34O/c1-19-9-3-5-15-24(19)26(21-11-7-12-21)17-23(28)18-27(22-13-8-14-22)25-16-6-4-10-20(25)2/h3-6,9-10,15-16,21-22,26-27H,7-8,11-14,17-18H2,1-2H3/t26-,27-/m0/s1. The zero-order valence-electron chi connectivity index (χ0n) is 17.5. The summed E-state index contributed by atoms with van der Waals surface area (Å²) in [7, 11) is 0. The van der Waals surface area contributed by atoms with E-state index >= 15 is 0 Å². The quantitative estimate of drug-likeness (QED) is 0.481. The summed E-state index contributed by atoms with van der Waals surface area (Å²) in [6.45, 7) is 4.41. The van der Waals surface area contributed by atoms with Gasteiger partial charge in [-0.1, -0.05) is 61.4 Å². The monoisotopic (exact) mass is 374 g/mol. The zero-order chi connectivity index (χ0) is 19.5. The van der Waals surface area contributed by atoms with Crippen molar-refractivity contribution in [3.05, 3.63) is 70.8 Å². The van der Waals surface area contributed by atoms with Crippen molar-refractivity contribution < 1.29 is 4.79 Å². The van der Waals surface area contributed by atoms with Gasteiger partial charge in [0.2, 0.25) is 0 Å². The van der Waals surface area contributed by atoms with Crippen LogP contribution in [0, 0.1) is 25.7 Å². The summed E-state index contributed by atoms with van der Waals surface area (Å²) >= 11 is 0. The predicted octanol–water partition coefficient (Wildman–Crippen LogP) is 7.12. The Labute approximate surface area is 170 Å². The second-order valence-corrected chi connectivity index (χ2v) is 9.26. The fraction of sp³-hybridized carbons (Fsp3) is 0.519. The molecule has 0 aliphatic heterocycles. The molecule has 0 N–H and O–H groups in total. The van der Waals surface area contributed by atoms with Gasteiger partial charge in [-0.25, -0.2) is 0 Å². The van der Waals surface area contributed by atoms with Crippen LogP contribution in [-0.2, 0) is 4.79 Å². The third-order valence-corrected chi connectivity index (χ3v) is 7.51. The minimum Gasteiger partial charge on any atom is -0.300 e. The lowest BCUT2D eigenvalue weighted by molar-refractivity contribution is -0.120. The summed E-state index contributed by atoms with van der Waals surface area (Å²) in [4.78, 5) is 13.3. The van der Waals surface area contributed by atoms with Gasteiger partial charge in [0.25, 0.3) is 0 Å². The van der Waals surface area contributed by atoms with Gasteiger partial charge in [0.15, 0.2) is 0 Å². The van der Waals surface area contributed by atoms with Crippen LogP contribution in [0.15, 0.2) is 48.5 Å². The van der Waals surface area contributed by atoms with Gasteiger partial charge >= 0.3 is 0 Å². The Bertz CT molecular complexity index is 745. The van der Waals surface area contributed by atoms with Crippen molar-refractivity contribution in [2.75, 3.05) is 0 Å². The Balaban J connectivity index is 1.52. The van der Waals surface area contributed by atoms with Gasteiger partial charge in [0, 0.05) is 12.8 Å². The van der Waals surface area contributed by atoms with Gasteiger partial charge in [-0.15, -0.1) is 0 Å². The van der Waals surface area contributed by atoms with Gasteiger partial charge in [0.1, 0.15) is 5.78 Å². The van der Waals surface area contributed by atoms with E-state index in [0.29, 0.717) is 29.5 Å². The molecule has 0 heterocycles. The molecule has 2 atom stereocenters. The molecule has 0 aromatic heterocycles. The summed E-state index contributed by atoms with van der Waals surface area (Å²) in [5.74, 6) is 2.71. The lowest BCUT2D eigenvalue weighted by Crippen LogP contribution is -2.27. The number of hydrogen-bond acceptors (Lipinski definition) is 1. The molecule has 0 spiro atoms. The average molecular weight is 375 g/mol. The van der Waals surface area contributed by atoms with E-state index in [4.69, 9.17) is 0 Å². The smallest absolute Gasteiger partial charge is 0.134 e. The Morgan fingerprint density at radius 3 is 1.46 bits per heavy atom. The van der Waals surface area contributed by atoms with E-state index < -0.39 is 0 Å². The maximum atomic E-state index is 13.3. The zero-order valence-corrected chi connectivity index (χ0v) is 17.5. The van der Waals surface area contributed by atoms with Crippen LogP contribution in [0.2, 0.25) is 0 Å². The van der Waals surface area contributed by atoms with E-state index in [1.54, 1.807) is 0 Å². The highest BCUT2D eigenvalue weighted by Gasteiger charge is 2.34. The lowest BCUT2D eigenvalue weighted by Gasteiger charge is -2.37. The SMILES string of the molecule is Cc1ccccc1[C@@H](CC(=O)C[C@H](c1ccccc1C)C1CCC1)C1CCC1. The van der Waals surface area contributed by atoms with Crippen molar-refractivity contribution in [1.29, 1.82) is 0 Å². The molecule has 2 saturated carbocycles. The van der Waals surface area contributed by atoms with E-state index in [1.807, 2.05) is 0 Å². The normalized spacial score (nSPS) is 19.5. The van der Waals surface area contributed by atoms with E-state index in [9.17, 15) is 4.79 Å². The molecular weight excluding hydrogens is 340 g/mol. The number of carbonyl (C=O) groups is 1. The summed E-state index contributed by atoms with van der Waals surface area (Å²) in [6, 6.07) is 17.4. The van der Waals surface area contributed by atoms with Crippen LogP contribution >= 0.6 is 0 Å². The molecule has 2 aromatic rings. The number of aryl methyl sites for hydroxylation is 2. The maximum absolute atomic E-state index is 13.3. The van der Waals surface area contributed by atoms with Crippen LogP contribution in [0.25, 0.3) is 0 Å². The van der Waals surface area contributed by atoms with Crippen molar-refractivity contribution >= 4 is 5.78 Å². The molecule has 2 aromatic carbocycles. The molecule has 0 unspecified atom stereocenters. The number of benzene rings is 2. The molecule has 2 aliphatic rings. The van der Waals surface area contributed by atoms with Gasteiger partial charge in [-0.3, -0.25) is 4.79 Å². The Hall–Kier alpha value is -1.89. The molecule has 0 radical (unpaired) electrons.